The molecular weight excluding hydrogens is 305 g/mol. The summed E-state index contributed by atoms with van der Waals surface area (Å²) in [6.45, 7) is 3.51. The zero-order valence-corrected chi connectivity index (χ0v) is 13.4. The average Bonchev–Trinajstić information content (AvgIpc) is 2.47. The highest BCUT2D eigenvalue weighted by molar-refractivity contribution is 7.89. The topological polar surface area (TPSA) is 55.4 Å². The number of hydrogen-bond acceptors (Lipinski definition) is 3. The van der Waals surface area contributed by atoms with E-state index < -0.39 is 16.1 Å². The van der Waals surface area contributed by atoms with Gasteiger partial charge in [-0.25, -0.2) is 17.5 Å². The molecule has 2 rings (SSSR count). The number of halogens is 1. The molecule has 0 heterocycles. The van der Waals surface area contributed by atoms with E-state index in [9.17, 15) is 12.8 Å². The third-order valence-corrected chi connectivity index (χ3v) is 4.87. The van der Waals surface area contributed by atoms with Gasteiger partial charge in [-0.3, -0.25) is 0 Å². The fourth-order valence-corrected chi connectivity index (χ4v) is 3.60. The zero-order valence-electron chi connectivity index (χ0n) is 12.6. The van der Waals surface area contributed by atoms with Crippen molar-refractivity contribution in [3.8, 4) is 5.75 Å². The second-order valence-electron chi connectivity index (χ2n) is 5.05. The molecule has 1 atom stereocenters. The molecule has 2 aromatic rings. The van der Waals surface area contributed by atoms with Crippen LogP contribution in [0.2, 0.25) is 0 Å². The highest BCUT2D eigenvalue weighted by Gasteiger charge is 2.22. The summed E-state index contributed by atoms with van der Waals surface area (Å²) < 4.78 is 45.7. The predicted octanol–water partition coefficient (Wildman–Crippen LogP) is 3.18. The van der Waals surface area contributed by atoms with Crippen molar-refractivity contribution in [1.82, 2.24) is 4.72 Å². The van der Waals surface area contributed by atoms with Gasteiger partial charge in [0.05, 0.1) is 7.11 Å². The first kappa shape index (κ1) is 16.5. The predicted molar refractivity (Wildman–Crippen MR) is 82.9 cm³/mol. The molecule has 0 aromatic heterocycles. The molecule has 0 amide bonds. The quantitative estimate of drug-likeness (QED) is 0.919. The lowest BCUT2D eigenvalue weighted by Crippen LogP contribution is -2.27. The molecule has 4 nitrogen and oxygen atoms in total. The standard InChI is InChI=1S/C16H18FNO3S/c1-11-4-9-15(21-3)16(10-11)22(19,20)18-12(2)13-5-7-14(17)8-6-13/h4-10,12,18H,1-3H3/t12-/m0/s1. The van der Waals surface area contributed by atoms with Gasteiger partial charge in [0, 0.05) is 6.04 Å². The van der Waals surface area contributed by atoms with E-state index in [4.69, 9.17) is 4.74 Å². The normalized spacial score (nSPS) is 12.9. The maximum atomic E-state index is 12.9. The number of benzene rings is 2. The molecule has 0 aliphatic heterocycles. The summed E-state index contributed by atoms with van der Waals surface area (Å²) in [4.78, 5) is 0.0870. The lowest BCUT2D eigenvalue weighted by atomic mass is 10.1. The van der Waals surface area contributed by atoms with Crippen molar-refractivity contribution in [1.29, 1.82) is 0 Å². The Hall–Kier alpha value is -1.92. The highest BCUT2D eigenvalue weighted by atomic mass is 32.2. The molecule has 1 N–H and O–H groups in total. The van der Waals surface area contributed by atoms with E-state index in [1.165, 1.54) is 19.2 Å². The SMILES string of the molecule is COc1ccc(C)cc1S(=O)(=O)N[C@@H](C)c1ccc(F)cc1. The van der Waals surface area contributed by atoms with E-state index in [0.29, 0.717) is 5.56 Å². The Labute approximate surface area is 130 Å². The van der Waals surface area contributed by atoms with Gasteiger partial charge >= 0.3 is 0 Å². The first-order chi connectivity index (χ1) is 10.3. The Morgan fingerprint density at radius 2 is 1.77 bits per heavy atom. The van der Waals surface area contributed by atoms with Crippen LogP contribution in [-0.2, 0) is 10.0 Å². The van der Waals surface area contributed by atoms with Gasteiger partial charge in [0.25, 0.3) is 0 Å². The number of methoxy groups -OCH3 is 1. The smallest absolute Gasteiger partial charge is 0.244 e. The molecular formula is C16H18FNO3S. The summed E-state index contributed by atoms with van der Waals surface area (Å²) in [7, 11) is -2.33. The van der Waals surface area contributed by atoms with Gasteiger partial charge in [0.2, 0.25) is 10.0 Å². The Balaban J connectivity index is 2.31. The van der Waals surface area contributed by atoms with E-state index in [1.807, 2.05) is 6.92 Å². The lowest BCUT2D eigenvalue weighted by Gasteiger charge is -2.16. The third-order valence-electron chi connectivity index (χ3n) is 3.31. The molecule has 0 fully saturated rings. The van der Waals surface area contributed by atoms with Crippen LogP contribution < -0.4 is 9.46 Å². The first-order valence-electron chi connectivity index (χ1n) is 6.76. The van der Waals surface area contributed by atoms with Crippen molar-refractivity contribution in [3.63, 3.8) is 0 Å². The molecule has 0 saturated carbocycles. The fourth-order valence-electron chi connectivity index (χ4n) is 2.11. The second kappa shape index (κ2) is 6.46. The van der Waals surface area contributed by atoms with Crippen molar-refractivity contribution < 1.29 is 17.5 Å². The van der Waals surface area contributed by atoms with Gasteiger partial charge in [-0.15, -0.1) is 0 Å². The molecule has 6 heteroatoms. The summed E-state index contributed by atoms with van der Waals surface area (Å²) in [6.07, 6.45) is 0. The average molecular weight is 323 g/mol. The van der Waals surface area contributed by atoms with Crippen LogP contribution in [0.1, 0.15) is 24.1 Å². The molecule has 2 aromatic carbocycles. The number of hydrogen-bond donors (Lipinski definition) is 1. The minimum Gasteiger partial charge on any atom is -0.495 e. The Morgan fingerprint density at radius 3 is 2.36 bits per heavy atom. The van der Waals surface area contributed by atoms with Crippen molar-refractivity contribution in [2.75, 3.05) is 7.11 Å². The molecule has 0 aliphatic rings. The molecule has 0 aliphatic carbocycles. The summed E-state index contributed by atoms with van der Waals surface area (Å²) in [5, 5.41) is 0. The lowest BCUT2D eigenvalue weighted by molar-refractivity contribution is 0.402. The van der Waals surface area contributed by atoms with Crippen LogP contribution in [0.3, 0.4) is 0 Å². The summed E-state index contributed by atoms with van der Waals surface area (Å²) in [6, 6.07) is 10.2. The van der Waals surface area contributed by atoms with Gasteiger partial charge < -0.3 is 4.74 Å². The number of rotatable bonds is 5. The summed E-state index contributed by atoms with van der Waals surface area (Å²) in [5.41, 5.74) is 1.49. The van der Waals surface area contributed by atoms with Crippen LogP contribution in [0.4, 0.5) is 4.39 Å². The third kappa shape index (κ3) is 3.64. The van der Waals surface area contributed by atoms with Gasteiger partial charge in [0.1, 0.15) is 16.5 Å². The summed E-state index contributed by atoms with van der Waals surface area (Å²) in [5.74, 6) is -0.0800. The van der Waals surface area contributed by atoms with Gasteiger partial charge in [-0.2, -0.15) is 0 Å². The largest absolute Gasteiger partial charge is 0.495 e. The number of sulfonamides is 1. The Kier molecular flexibility index (Phi) is 4.83. The van der Waals surface area contributed by atoms with Crippen molar-refractivity contribution in [2.45, 2.75) is 24.8 Å². The Morgan fingerprint density at radius 1 is 1.14 bits per heavy atom. The Bertz CT molecular complexity index is 757. The maximum Gasteiger partial charge on any atom is 0.244 e. The van der Waals surface area contributed by atoms with Crippen LogP contribution in [0.5, 0.6) is 5.75 Å². The number of nitrogens with one attached hydrogen (secondary N) is 1. The van der Waals surface area contributed by atoms with Crippen LogP contribution in [0, 0.1) is 12.7 Å². The van der Waals surface area contributed by atoms with E-state index >= 15 is 0 Å². The molecule has 0 bridgehead atoms. The van der Waals surface area contributed by atoms with Crippen molar-refractivity contribution in [2.24, 2.45) is 0 Å². The fraction of sp³-hybridized carbons (Fsp3) is 0.250. The van der Waals surface area contributed by atoms with Crippen molar-refractivity contribution >= 4 is 10.0 Å². The van der Waals surface area contributed by atoms with Crippen LogP contribution in [0.25, 0.3) is 0 Å². The highest BCUT2D eigenvalue weighted by Crippen LogP contribution is 2.26. The van der Waals surface area contributed by atoms with Gasteiger partial charge in [-0.05, 0) is 49.2 Å². The van der Waals surface area contributed by atoms with Crippen LogP contribution in [-0.4, -0.2) is 15.5 Å². The van der Waals surface area contributed by atoms with E-state index in [2.05, 4.69) is 4.72 Å². The molecule has 0 unspecified atom stereocenters. The molecule has 22 heavy (non-hydrogen) atoms. The minimum absolute atomic E-state index is 0.0870. The molecule has 0 saturated heterocycles. The first-order valence-corrected chi connectivity index (χ1v) is 8.24. The van der Waals surface area contributed by atoms with E-state index in [-0.39, 0.29) is 16.5 Å². The van der Waals surface area contributed by atoms with E-state index in [1.54, 1.807) is 37.3 Å². The van der Waals surface area contributed by atoms with Crippen LogP contribution >= 0.6 is 0 Å². The van der Waals surface area contributed by atoms with E-state index in [0.717, 1.165) is 5.56 Å². The van der Waals surface area contributed by atoms with Gasteiger partial charge in [0.15, 0.2) is 0 Å². The molecule has 0 spiro atoms. The molecule has 118 valence electrons. The van der Waals surface area contributed by atoms with Gasteiger partial charge in [-0.1, -0.05) is 18.2 Å². The second-order valence-corrected chi connectivity index (χ2v) is 6.73. The summed E-state index contributed by atoms with van der Waals surface area (Å²) >= 11 is 0. The van der Waals surface area contributed by atoms with Crippen LogP contribution in [0.15, 0.2) is 47.4 Å². The number of ether oxygens (including phenoxy) is 1. The monoisotopic (exact) mass is 323 g/mol. The minimum atomic E-state index is -3.75. The maximum absolute atomic E-state index is 12.9. The molecule has 0 radical (unpaired) electrons. The number of aryl methyl sites for hydroxylation is 1. The van der Waals surface area contributed by atoms with Crippen molar-refractivity contribution in [3.05, 3.63) is 59.4 Å². The zero-order chi connectivity index (χ0) is 16.3.